The van der Waals surface area contributed by atoms with E-state index in [0.29, 0.717) is 13.1 Å². The van der Waals surface area contributed by atoms with Crippen LogP contribution in [0.1, 0.15) is 106 Å². The minimum Gasteiger partial charge on any atom is -0.457 e. The highest BCUT2D eigenvalue weighted by atomic mass is 16.5. The number of unbranched alkanes of at least 4 members (excludes halogenated alkanes) is 1. The number of nitrogens with zero attached hydrogens (tertiary/aromatic N) is 3. The SMILES string of the molecule is COC(=O)NC(C(=O)NCCCCc1ncc(-c2ccc3c(c2)Oc2ccc(-c4cnc(C5CCCN5CC(C=O)(NC(=O)OC)C5CCCC5)[nH]4)cc2C3)[nH]1)C1CCCC1. The van der Waals surface area contributed by atoms with Crippen molar-refractivity contribution in [3.8, 4) is 34.0 Å². The molecular formula is C46H58N8O7. The molecule has 3 atom stereocenters. The number of rotatable bonds is 16. The first-order valence-electron chi connectivity index (χ1n) is 22.0. The molecule has 3 unspecified atom stereocenters. The molecule has 15 heteroatoms. The molecule has 61 heavy (non-hydrogen) atoms. The smallest absolute Gasteiger partial charge is 0.407 e. The highest BCUT2D eigenvalue weighted by Gasteiger charge is 2.45. The lowest BCUT2D eigenvalue weighted by Gasteiger charge is -2.39. The molecule has 2 aromatic heterocycles. The zero-order chi connectivity index (χ0) is 42.3. The number of aryl methyl sites for hydroxylation is 1. The number of ether oxygens (including phenoxy) is 3. The van der Waals surface area contributed by atoms with Gasteiger partial charge in [-0.05, 0) is 105 Å². The Morgan fingerprint density at radius 2 is 1.61 bits per heavy atom. The van der Waals surface area contributed by atoms with E-state index < -0.39 is 23.8 Å². The quantitative estimate of drug-likeness (QED) is 0.0504. The van der Waals surface area contributed by atoms with E-state index in [9.17, 15) is 19.2 Å². The normalized spacial score (nSPS) is 19.3. The summed E-state index contributed by atoms with van der Waals surface area (Å²) in [4.78, 5) is 68.8. The molecule has 0 spiro atoms. The third-order valence-electron chi connectivity index (χ3n) is 13.3. The first-order valence-corrected chi connectivity index (χ1v) is 22.0. The first-order chi connectivity index (χ1) is 29.7. The molecule has 0 radical (unpaired) electrons. The molecule has 2 aliphatic heterocycles. The number of aromatic amines is 2. The Bertz CT molecular complexity index is 2190. The van der Waals surface area contributed by atoms with Crippen molar-refractivity contribution in [3.05, 3.63) is 71.6 Å². The van der Waals surface area contributed by atoms with E-state index in [2.05, 4.69) is 66.1 Å². The number of carbonyl (C=O) groups is 4. The number of alkyl carbamates (subject to hydrolysis) is 2. The van der Waals surface area contributed by atoms with Gasteiger partial charge in [0, 0.05) is 37.1 Å². The summed E-state index contributed by atoms with van der Waals surface area (Å²) in [6, 6.07) is 11.9. The molecular weight excluding hydrogens is 777 g/mol. The van der Waals surface area contributed by atoms with Crippen LogP contribution in [-0.4, -0.2) is 94.7 Å². The molecule has 2 aliphatic carbocycles. The van der Waals surface area contributed by atoms with Crippen molar-refractivity contribution in [2.45, 2.75) is 108 Å². The molecule has 3 fully saturated rings. The average Bonchev–Trinajstić information content (AvgIpc) is 4.14. The van der Waals surface area contributed by atoms with Gasteiger partial charge in [0.1, 0.15) is 41.0 Å². The molecule has 324 valence electrons. The highest BCUT2D eigenvalue weighted by molar-refractivity contribution is 5.86. The molecule has 8 rings (SSSR count). The molecule has 2 aromatic carbocycles. The fourth-order valence-electron chi connectivity index (χ4n) is 9.95. The minimum atomic E-state index is -1.01. The van der Waals surface area contributed by atoms with Gasteiger partial charge in [-0.25, -0.2) is 19.6 Å². The Morgan fingerprint density at radius 1 is 0.869 bits per heavy atom. The Balaban J connectivity index is 0.856. The van der Waals surface area contributed by atoms with Gasteiger partial charge in [0.25, 0.3) is 0 Å². The molecule has 15 nitrogen and oxygen atoms in total. The van der Waals surface area contributed by atoms with E-state index in [1.807, 2.05) is 18.5 Å². The van der Waals surface area contributed by atoms with Crippen LogP contribution in [0.3, 0.4) is 0 Å². The third-order valence-corrected chi connectivity index (χ3v) is 13.3. The highest BCUT2D eigenvalue weighted by Crippen LogP contribution is 2.41. The maximum atomic E-state index is 12.9. The lowest BCUT2D eigenvalue weighted by atomic mass is 9.83. The summed E-state index contributed by atoms with van der Waals surface area (Å²) in [6.07, 6.45) is 16.4. The van der Waals surface area contributed by atoms with E-state index >= 15 is 0 Å². The zero-order valence-corrected chi connectivity index (χ0v) is 35.2. The van der Waals surface area contributed by atoms with Crippen molar-refractivity contribution in [2.24, 2.45) is 11.8 Å². The molecule has 0 bridgehead atoms. The van der Waals surface area contributed by atoms with Gasteiger partial charge < -0.3 is 44.9 Å². The van der Waals surface area contributed by atoms with Crippen LogP contribution < -0.4 is 20.7 Å². The second-order valence-electron chi connectivity index (χ2n) is 17.1. The van der Waals surface area contributed by atoms with Crippen molar-refractivity contribution >= 4 is 24.4 Å². The minimum absolute atomic E-state index is 0.000342. The number of methoxy groups -OCH3 is 2. The summed E-state index contributed by atoms with van der Waals surface area (Å²) in [7, 11) is 2.65. The van der Waals surface area contributed by atoms with Crippen molar-refractivity contribution in [2.75, 3.05) is 33.9 Å². The number of imidazole rings is 2. The van der Waals surface area contributed by atoms with Gasteiger partial charge in [0.05, 0.1) is 44.0 Å². The Labute approximate surface area is 356 Å². The molecule has 4 aliphatic rings. The van der Waals surface area contributed by atoms with Gasteiger partial charge in [-0.3, -0.25) is 9.69 Å². The third kappa shape index (κ3) is 9.46. The van der Waals surface area contributed by atoms with Gasteiger partial charge in [-0.1, -0.05) is 37.8 Å². The fourth-order valence-corrected chi connectivity index (χ4v) is 9.95. The van der Waals surface area contributed by atoms with Crippen molar-refractivity contribution < 1.29 is 33.4 Å². The number of carbonyl (C=O) groups excluding carboxylic acids is 4. The summed E-state index contributed by atoms with van der Waals surface area (Å²) in [6.45, 7) is 1.75. The summed E-state index contributed by atoms with van der Waals surface area (Å²) in [5.74, 6) is 3.43. The Morgan fingerprint density at radius 3 is 2.39 bits per heavy atom. The first kappa shape index (κ1) is 42.0. The summed E-state index contributed by atoms with van der Waals surface area (Å²) >= 11 is 0. The molecule has 4 heterocycles. The van der Waals surface area contributed by atoms with Crippen LogP contribution in [0.5, 0.6) is 11.5 Å². The van der Waals surface area contributed by atoms with Crippen molar-refractivity contribution in [3.63, 3.8) is 0 Å². The van der Waals surface area contributed by atoms with Gasteiger partial charge >= 0.3 is 12.2 Å². The van der Waals surface area contributed by atoms with E-state index in [4.69, 9.17) is 19.2 Å². The number of hydrogen-bond acceptors (Lipinski definition) is 10. The summed E-state index contributed by atoms with van der Waals surface area (Å²) in [5, 5.41) is 8.68. The van der Waals surface area contributed by atoms with E-state index in [-0.39, 0.29) is 23.8 Å². The maximum Gasteiger partial charge on any atom is 0.407 e. The number of nitrogens with one attached hydrogen (secondary N) is 5. The molecule has 1 saturated heterocycles. The lowest BCUT2D eigenvalue weighted by molar-refractivity contribution is -0.124. The maximum absolute atomic E-state index is 12.9. The predicted octanol–water partition coefficient (Wildman–Crippen LogP) is 7.14. The molecule has 2 saturated carbocycles. The summed E-state index contributed by atoms with van der Waals surface area (Å²) in [5.41, 5.74) is 5.01. The predicted molar refractivity (Wildman–Crippen MR) is 228 cm³/mol. The van der Waals surface area contributed by atoms with E-state index in [1.165, 1.54) is 14.2 Å². The number of amides is 3. The molecule has 3 amide bonds. The van der Waals surface area contributed by atoms with Gasteiger partial charge in [-0.15, -0.1) is 0 Å². The lowest BCUT2D eigenvalue weighted by Crippen LogP contribution is -2.60. The van der Waals surface area contributed by atoms with Crippen LogP contribution in [-0.2, 0) is 31.9 Å². The Hall–Kier alpha value is -5.70. The fraction of sp³-hybridized carbons (Fsp3) is 0.522. The number of aldehydes is 1. The van der Waals surface area contributed by atoms with E-state index in [0.717, 1.165) is 160 Å². The summed E-state index contributed by atoms with van der Waals surface area (Å²) < 4.78 is 16.2. The number of likely N-dealkylation sites (tertiary alicyclic amines) is 1. The molecule has 5 N–H and O–H groups in total. The van der Waals surface area contributed by atoms with Gasteiger partial charge in [0.2, 0.25) is 5.91 Å². The van der Waals surface area contributed by atoms with Crippen LogP contribution in [0.15, 0.2) is 48.8 Å². The van der Waals surface area contributed by atoms with Gasteiger partial charge in [-0.2, -0.15) is 0 Å². The number of benzene rings is 2. The monoisotopic (exact) mass is 834 g/mol. The van der Waals surface area contributed by atoms with Crippen LogP contribution in [0.2, 0.25) is 0 Å². The zero-order valence-electron chi connectivity index (χ0n) is 35.2. The van der Waals surface area contributed by atoms with E-state index in [1.54, 1.807) is 0 Å². The standard InChI is InChI=1S/C46H58N8O7/c1-59-44(57)52-41(29-10-3-4-11-29)43(56)47-20-8-7-15-40-48-25-35(50-40)31-16-17-32-23-33-22-30(18-19-38(33)61-39(32)24-31)36-26-49-42(51-36)37-14-9-21-54(37)27-46(28-55,53-45(58)60-2)34-12-5-6-13-34/h16-19,22,24-26,28-29,34,37,41H,3-15,20-21,23,27H2,1-2H3,(H,47,56)(H,48,50)(H,49,51)(H,52,57)(H,53,58). The molecule has 4 aromatic rings. The second kappa shape index (κ2) is 18.9. The van der Waals surface area contributed by atoms with Crippen LogP contribution in [0.4, 0.5) is 9.59 Å². The van der Waals surface area contributed by atoms with Crippen molar-refractivity contribution in [1.29, 1.82) is 0 Å². The average molecular weight is 835 g/mol. The van der Waals surface area contributed by atoms with Crippen LogP contribution in [0.25, 0.3) is 22.5 Å². The van der Waals surface area contributed by atoms with Crippen LogP contribution >= 0.6 is 0 Å². The number of H-pyrrole nitrogens is 2. The number of aromatic nitrogens is 4. The van der Waals surface area contributed by atoms with Crippen molar-refractivity contribution in [1.82, 2.24) is 40.8 Å². The second-order valence-corrected chi connectivity index (χ2v) is 17.1. The number of fused-ring (bicyclic) bond motifs is 2. The Kier molecular flexibility index (Phi) is 13.0. The van der Waals surface area contributed by atoms with Gasteiger partial charge in [0.15, 0.2) is 0 Å². The largest absolute Gasteiger partial charge is 0.457 e. The topological polar surface area (TPSA) is 193 Å². The van der Waals surface area contributed by atoms with Crippen LogP contribution in [0, 0.1) is 11.8 Å². The number of hydrogen-bond donors (Lipinski definition) is 5.